The van der Waals surface area contributed by atoms with Gasteiger partial charge in [-0.3, -0.25) is 4.79 Å². The molecule has 166 valence electrons. The van der Waals surface area contributed by atoms with E-state index in [0.29, 0.717) is 17.9 Å². The molecule has 5 rings (SSSR count). The maximum absolute atomic E-state index is 11.8. The Balaban J connectivity index is 1.12. The Morgan fingerprint density at radius 1 is 1.23 bits per heavy atom. The highest BCUT2D eigenvalue weighted by molar-refractivity contribution is 5.81. The molecular formula is C24H33N5O2. The molecule has 0 aliphatic heterocycles. The average molecular weight is 424 g/mol. The Kier molecular flexibility index (Phi) is 5.56. The van der Waals surface area contributed by atoms with Gasteiger partial charge in [0, 0.05) is 35.9 Å². The first-order valence-corrected chi connectivity index (χ1v) is 11.7. The van der Waals surface area contributed by atoms with E-state index in [1.54, 1.807) is 6.92 Å². The smallest absolute Gasteiger partial charge is 0.236 e. The molecule has 0 unspecified atom stereocenters. The predicted molar refractivity (Wildman–Crippen MR) is 118 cm³/mol. The minimum absolute atomic E-state index is 0.0496. The lowest BCUT2D eigenvalue weighted by atomic mass is 9.86. The topological polar surface area (TPSA) is 106 Å². The summed E-state index contributed by atoms with van der Waals surface area (Å²) in [4.78, 5) is 16.6. The van der Waals surface area contributed by atoms with E-state index in [1.165, 1.54) is 12.0 Å². The number of aromatic nitrogens is 2. The lowest BCUT2D eigenvalue weighted by molar-refractivity contribution is -0.122. The van der Waals surface area contributed by atoms with Gasteiger partial charge in [0.15, 0.2) is 5.82 Å². The molecule has 0 spiro atoms. The normalized spacial score (nSPS) is 29.9. The van der Waals surface area contributed by atoms with Crippen molar-refractivity contribution in [2.45, 2.75) is 87.2 Å². The third-order valence-corrected chi connectivity index (χ3v) is 7.33. The Labute approximate surface area is 183 Å². The molecule has 1 aromatic carbocycles. The fourth-order valence-corrected chi connectivity index (χ4v) is 4.88. The SMILES string of the molecule is C[C@H](N)C(=O)NC1CCC(c2nc(C3(CN[C@@H]4C[C@H]4c4ccccc4)CC3)no2)CC1. The zero-order valence-electron chi connectivity index (χ0n) is 18.2. The highest BCUT2D eigenvalue weighted by atomic mass is 16.5. The first-order valence-electron chi connectivity index (χ1n) is 11.7. The van der Waals surface area contributed by atoms with Gasteiger partial charge in [0.2, 0.25) is 11.8 Å². The predicted octanol–water partition coefficient (Wildman–Crippen LogP) is 2.74. The molecule has 1 aromatic heterocycles. The van der Waals surface area contributed by atoms with Crippen molar-refractivity contribution in [1.82, 2.24) is 20.8 Å². The standard InChI is InChI=1S/C24H33N5O2/c1-15(25)21(30)27-18-9-7-17(8-10-18)22-28-23(29-31-22)24(11-12-24)14-26-20-13-19(20)16-5-3-2-4-6-16/h2-6,15,17-20,26H,7-14,25H2,1H3,(H,27,30)/t15-,17?,18?,19-,20+/m0/s1. The third kappa shape index (κ3) is 4.53. The monoisotopic (exact) mass is 423 g/mol. The Morgan fingerprint density at radius 2 is 1.97 bits per heavy atom. The summed E-state index contributed by atoms with van der Waals surface area (Å²) in [5.74, 6) is 2.50. The number of nitrogens with two attached hydrogens (primary N) is 1. The molecule has 1 amide bonds. The van der Waals surface area contributed by atoms with Crippen LogP contribution in [-0.4, -0.2) is 40.7 Å². The fraction of sp³-hybridized carbons (Fsp3) is 0.625. The highest BCUT2D eigenvalue weighted by Crippen LogP contribution is 2.48. The van der Waals surface area contributed by atoms with E-state index in [2.05, 4.69) is 46.1 Å². The Bertz CT molecular complexity index is 900. The third-order valence-electron chi connectivity index (χ3n) is 7.33. The molecule has 0 saturated heterocycles. The zero-order chi connectivity index (χ0) is 21.4. The quantitative estimate of drug-likeness (QED) is 0.603. The van der Waals surface area contributed by atoms with Crippen LogP contribution < -0.4 is 16.4 Å². The summed E-state index contributed by atoms with van der Waals surface area (Å²) in [5, 5.41) is 11.2. The second-order valence-corrected chi connectivity index (χ2v) is 9.82. The molecule has 0 bridgehead atoms. The highest BCUT2D eigenvalue weighted by Gasteiger charge is 2.50. The fourth-order valence-electron chi connectivity index (χ4n) is 4.88. The van der Waals surface area contributed by atoms with Gasteiger partial charge in [0.1, 0.15) is 0 Å². The number of amides is 1. The molecule has 7 heteroatoms. The average Bonchev–Trinajstić information content (AvgIpc) is 3.70. The molecule has 3 aliphatic carbocycles. The molecule has 3 aliphatic rings. The van der Waals surface area contributed by atoms with Crippen LogP contribution >= 0.6 is 0 Å². The number of nitrogens with one attached hydrogen (secondary N) is 2. The minimum atomic E-state index is -0.460. The molecule has 31 heavy (non-hydrogen) atoms. The molecule has 2 aromatic rings. The molecule has 3 atom stereocenters. The number of rotatable bonds is 8. The number of carbonyl (C=O) groups is 1. The number of hydrogen-bond donors (Lipinski definition) is 3. The molecule has 3 saturated carbocycles. The molecule has 3 fully saturated rings. The van der Waals surface area contributed by atoms with E-state index in [-0.39, 0.29) is 17.4 Å². The largest absolute Gasteiger partial charge is 0.352 e. The van der Waals surface area contributed by atoms with Gasteiger partial charge in [0.25, 0.3) is 0 Å². The lowest BCUT2D eigenvalue weighted by Gasteiger charge is -2.27. The van der Waals surface area contributed by atoms with Crippen LogP contribution in [-0.2, 0) is 10.2 Å². The lowest BCUT2D eigenvalue weighted by Crippen LogP contribution is -2.45. The van der Waals surface area contributed by atoms with Crippen LogP contribution in [0.2, 0.25) is 0 Å². The van der Waals surface area contributed by atoms with E-state index < -0.39 is 6.04 Å². The van der Waals surface area contributed by atoms with E-state index in [9.17, 15) is 4.79 Å². The van der Waals surface area contributed by atoms with Gasteiger partial charge in [0.05, 0.1) is 6.04 Å². The van der Waals surface area contributed by atoms with Crippen LogP contribution in [0.15, 0.2) is 34.9 Å². The maximum atomic E-state index is 11.8. The number of hydrogen-bond acceptors (Lipinski definition) is 6. The molecule has 0 radical (unpaired) electrons. The van der Waals surface area contributed by atoms with Gasteiger partial charge in [-0.15, -0.1) is 0 Å². The van der Waals surface area contributed by atoms with E-state index >= 15 is 0 Å². The summed E-state index contributed by atoms with van der Waals surface area (Å²) in [6.45, 7) is 2.64. The Hall–Kier alpha value is -2.25. The molecule has 7 nitrogen and oxygen atoms in total. The summed E-state index contributed by atoms with van der Waals surface area (Å²) >= 11 is 0. The van der Waals surface area contributed by atoms with Gasteiger partial charge >= 0.3 is 0 Å². The van der Waals surface area contributed by atoms with Gasteiger partial charge < -0.3 is 20.9 Å². The maximum Gasteiger partial charge on any atom is 0.236 e. The Morgan fingerprint density at radius 3 is 2.65 bits per heavy atom. The summed E-state index contributed by atoms with van der Waals surface area (Å²) in [6, 6.07) is 11.1. The second kappa shape index (κ2) is 8.36. The summed E-state index contributed by atoms with van der Waals surface area (Å²) in [7, 11) is 0. The zero-order valence-corrected chi connectivity index (χ0v) is 18.2. The van der Waals surface area contributed by atoms with Crippen LogP contribution in [0, 0.1) is 0 Å². The number of carbonyl (C=O) groups excluding carboxylic acids is 1. The van der Waals surface area contributed by atoms with Crippen molar-refractivity contribution in [2.75, 3.05) is 6.54 Å². The van der Waals surface area contributed by atoms with Crippen molar-refractivity contribution >= 4 is 5.91 Å². The molecule has 1 heterocycles. The van der Waals surface area contributed by atoms with Crippen molar-refractivity contribution in [3.05, 3.63) is 47.6 Å². The van der Waals surface area contributed by atoms with E-state index in [0.717, 1.165) is 56.8 Å². The van der Waals surface area contributed by atoms with Crippen molar-refractivity contribution in [3.8, 4) is 0 Å². The summed E-state index contributed by atoms with van der Waals surface area (Å²) in [6.07, 6.45) is 7.22. The van der Waals surface area contributed by atoms with Gasteiger partial charge in [-0.2, -0.15) is 4.98 Å². The van der Waals surface area contributed by atoms with E-state index in [1.807, 2.05) is 0 Å². The summed E-state index contributed by atoms with van der Waals surface area (Å²) in [5.41, 5.74) is 7.13. The van der Waals surface area contributed by atoms with Gasteiger partial charge in [-0.25, -0.2) is 0 Å². The number of nitrogens with zero attached hydrogens (tertiary/aromatic N) is 2. The summed E-state index contributed by atoms with van der Waals surface area (Å²) < 4.78 is 5.70. The van der Waals surface area contributed by atoms with Crippen LogP contribution in [0.4, 0.5) is 0 Å². The minimum Gasteiger partial charge on any atom is -0.352 e. The van der Waals surface area contributed by atoms with Crippen LogP contribution in [0.1, 0.15) is 81.0 Å². The van der Waals surface area contributed by atoms with Gasteiger partial charge in [-0.1, -0.05) is 35.5 Å². The van der Waals surface area contributed by atoms with Crippen molar-refractivity contribution < 1.29 is 9.32 Å². The number of benzene rings is 1. The molecular weight excluding hydrogens is 390 g/mol. The van der Waals surface area contributed by atoms with Crippen molar-refractivity contribution in [2.24, 2.45) is 5.73 Å². The van der Waals surface area contributed by atoms with Crippen molar-refractivity contribution in [1.29, 1.82) is 0 Å². The van der Waals surface area contributed by atoms with Crippen LogP contribution in [0.5, 0.6) is 0 Å². The van der Waals surface area contributed by atoms with Crippen LogP contribution in [0.25, 0.3) is 0 Å². The first-order chi connectivity index (χ1) is 15.0. The second-order valence-electron chi connectivity index (χ2n) is 9.82. The molecule has 4 N–H and O–H groups in total. The van der Waals surface area contributed by atoms with Crippen LogP contribution in [0.3, 0.4) is 0 Å². The first kappa shape index (κ1) is 20.6. The van der Waals surface area contributed by atoms with E-state index in [4.69, 9.17) is 15.2 Å². The van der Waals surface area contributed by atoms with Crippen molar-refractivity contribution in [3.63, 3.8) is 0 Å². The van der Waals surface area contributed by atoms with Gasteiger partial charge in [-0.05, 0) is 57.4 Å².